The number of para-hydroxylation sites is 1. The van der Waals surface area contributed by atoms with E-state index in [1.165, 1.54) is 0 Å². The molecule has 0 aliphatic heterocycles. The van der Waals surface area contributed by atoms with Crippen LogP contribution in [0.1, 0.15) is 15.9 Å². The fourth-order valence-corrected chi connectivity index (χ4v) is 2.53. The largest absolute Gasteiger partial charge is 0.493 e. The number of anilines is 1. The molecule has 6 nitrogen and oxygen atoms in total. The number of carbonyl (C=O) groups is 1. The summed E-state index contributed by atoms with van der Waals surface area (Å²) in [6.07, 6.45) is 3.38. The fraction of sp³-hybridized carbons (Fsp3) is 0.158. The van der Waals surface area contributed by atoms with Crippen LogP contribution >= 0.6 is 0 Å². The SMILES string of the molecule is COc1cc(C)c(C(=O)Nc2cnn(-c3ccccc3)c2)cc1OC. The Kier molecular flexibility index (Phi) is 4.70. The number of amides is 1. The zero-order valence-electron chi connectivity index (χ0n) is 14.3. The van der Waals surface area contributed by atoms with Crippen molar-refractivity contribution in [3.8, 4) is 17.2 Å². The van der Waals surface area contributed by atoms with Gasteiger partial charge in [-0.1, -0.05) is 18.2 Å². The van der Waals surface area contributed by atoms with E-state index in [-0.39, 0.29) is 5.91 Å². The van der Waals surface area contributed by atoms with Gasteiger partial charge in [-0.2, -0.15) is 5.10 Å². The number of ether oxygens (including phenoxy) is 2. The van der Waals surface area contributed by atoms with Gasteiger partial charge in [0, 0.05) is 5.56 Å². The number of hydrogen-bond acceptors (Lipinski definition) is 4. The molecule has 1 heterocycles. The third-order valence-electron chi connectivity index (χ3n) is 3.84. The van der Waals surface area contributed by atoms with E-state index in [0.29, 0.717) is 22.7 Å². The molecule has 128 valence electrons. The summed E-state index contributed by atoms with van der Waals surface area (Å²) in [5.41, 5.74) is 2.85. The molecule has 1 aromatic heterocycles. The van der Waals surface area contributed by atoms with Gasteiger partial charge in [-0.25, -0.2) is 4.68 Å². The van der Waals surface area contributed by atoms with Crippen LogP contribution in [0, 0.1) is 6.92 Å². The normalized spacial score (nSPS) is 10.4. The summed E-state index contributed by atoms with van der Waals surface area (Å²) in [4.78, 5) is 12.6. The molecule has 0 aliphatic carbocycles. The lowest BCUT2D eigenvalue weighted by atomic mass is 10.1. The van der Waals surface area contributed by atoms with Gasteiger partial charge < -0.3 is 14.8 Å². The zero-order valence-corrected chi connectivity index (χ0v) is 14.3. The van der Waals surface area contributed by atoms with Crippen molar-refractivity contribution in [2.24, 2.45) is 0 Å². The predicted molar refractivity (Wildman–Crippen MR) is 95.8 cm³/mol. The van der Waals surface area contributed by atoms with Crippen LogP contribution in [0.25, 0.3) is 5.69 Å². The summed E-state index contributed by atoms with van der Waals surface area (Å²) in [6, 6.07) is 13.1. The average molecular weight is 337 g/mol. The molecule has 3 aromatic rings. The molecule has 0 saturated heterocycles. The quantitative estimate of drug-likeness (QED) is 0.774. The lowest BCUT2D eigenvalue weighted by molar-refractivity contribution is 0.102. The number of aryl methyl sites for hydroxylation is 1. The Bertz CT molecular complexity index is 888. The summed E-state index contributed by atoms with van der Waals surface area (Å²) in [7, 11) is 3.10. The maximum atomic E-state index is 12.6. The highest BCUT2D eigenvalue weighted by Crippen LogP contribution is 2.30. The van der Waals surface area contributed by atoms with Gasteiger partial charge in [0.05, 0.1) is 38.0 Å². The van der Waals surface area contributed by atoms with Crippen LogP contribution in [0.3, 0.4) is 0 Å². The molecular formula is C19H19N3O3. The number of benzene rings is 2. The first-order chi connectivity index (χ1) is 12.1. The minimum absolute atomic E-state index is 0.230. The van der Waals surface area contributed by atoms with Gasteiger partial charge in [0.1, 0.15) is 0 Å². The Labute approximate surface area is 146 Å². The van der Waals surface area contributed by atoms with Gasteiger partial charge in [-0.3, -0.25) is 4.79 Å². The second-order valence-electron chi connectivity index (χ2n) is 5.49. The molecule has 6 heteroatoms. The molecule has 1 N–H and O–H groups in total. The van der Waals surface area contributed by atoms with Crippen molar-refractivity contribution in [2.45, 2.75) is 6.92 Å². The first-order valence-electron chi connectivity index (χ1n) is 7.76. The Hall–Kier alpha value is -3.28. The minimum Gasteiger partial charge on any atom is -0.493 e. The van der Waals surface area contributed by atoms with Crippen LogP contribution in [0.2, 0.25) is 0 Å². The molecule has 0 bridgehead atoms. The standard InChI is InChI=1S/C19H19N3O3/c1-13-9-17(24-2)18(25-3)10-16(13)19(23)21-14-11-20-22(12-14)15-7-5-4-6-8-15/h4-12H,1-3H3,(H,21,23). The third kappa shape index (κ3) is 3.47. The van der Waals surface area contributed by atoms with E-state index < -0.39 is 0 Å². The van der Waals surface area contributed by atoms with E-state index in [1.807, 2.05) is 37.3 Å². The monoisotopic (exact) mass is 337 g/mol. The maximum Gasteiger partial charge on any atom is 0.256 e. The fourth-order valence-electron chi connectivity index (χ4n) is 2.53. The highest BCUT2D eigenvalue weighted by molar-refractivity contribution is 6.05. The Morgan fingerprint density at radius 3 is 2.44 bits per heavy atom. The van der Waals surface area contributed by atoms with Crippen LogP contribution < -0.4 is 14.8 Å². The second-order valence-corrected chi connectivity index (χ2v) is 5.49. The van der Waals surface area contributed by atoms with E-state index in [4.69, 9.17) is 9.47 Å². The molecule has 0 fully saturated rings. The number of hydrogen-bond donors (Lipinski definition) is 1. The van der Waals surface area contributed by atoms with E-state index in [9.17, 15) is 4.79 Å². The van der Waals surface area contributed by atoms with E-state index >= 15 is 0 Å². The lowest BCUT2D eigenvalue weighted by Gasteiger charge is -2.12. The van der Waals surface area contributed by atoms with Gasteiger partial charge in [0.25, 0.3) is 5.91 Å². The zero-order chi connectivity index (χ0) is 17.8. The van der Waals surface area contributed by atoms with Crippen LogP contribution in [0.4, 0.5) is 5.69 Å². The van der Waals surface area contributed by atoms with Crippen molar-refractivity contribution >= 4 is 11.6 Å². The summed E-state index contributed by atoms with van der Waals surface area (Å²) >= 11 is 0. The minimum atomic E-state index is -0.230. The number of nitrogens with one attached hydrogen (secondary N) is 1. The van der Waals surface area contributed by atoms with Crippen molar-refractivity contribution < 1.29 is 14.3 Å². The Morgan fingerprint density at radius 2 is 1.76 bits per heavy atom. The molecule has 1 amide bonds. The van der Waals surface area contributed by atoms with Crippen molar-refractivity contribution in [3.63, 3.8) is 0 Å². The summed E-state index contributed by atoms with van der Waals surface area (Å²) in [5.74, 6) is 0.873. The van der Waals surface area contributed by atoms with Gasteiger partial charge in [-0.15, -0.1) is 0 Å². The second kappa shape index (κ2) is 7.09. The van der Waals surface area contributed by atoms with Gasteiger partial charge in [0.15, 0.2) is 11.5 Å². The van der Waals surface area contributed by atoms with E-state index in [2.05, 4.69) is 10.4 Å². The average Bonchev–Trinajstić information content (AvgIpc) is 3.10. The summed E-state index contributed by atoms with van der Waals surface area (Å²) in [6.45, 7) is 1.85. The highest BCUT2D eigenvalue weighted by atomic mass is 16.5. The van der Waals surface area contributed by atoms with Crippen LogP contribution in [-0.2, 0) is 0 Å². The van der Waals surface area contributed by atoms with Gasteiger partial charge in [-0.05, 0) is 36.8 Å². The first-order valence-corrected chi connectivity index (χ1v) is 7.76. The third-order valence-corrected chi connectivity index (χ3v) is 3.84. The van der Waals surface area contributed by atoms with Gasteiger partial charge in [0.2, 0.25) is 0 Å². The Balaban J connectivity index is 1.82. The molecule has 0 spiro atoms. The molecule has 0 radical (unpaired) electrons. The summed E-state index contributed by atoms with van der Waals surface area (Å²) in [5, 5.41) is 7.13. The number of aromatic nitrogens is 2. The topological polar surface area (TPSA) is 65.4 Å². The Morgan fingerprint density at radius 1 is 1.08 bits per heavy atom. The lowest BCUT2D eigenvalue weighted by Crippen LogP contribution is -2.13. The van der Waals surface area contributed by atoms with Gasteiger partial charge >= 0.3 is 0 Å². The van der Waals surface area contributed by atoms with Crippen molar-refractivity contribution in [1.29, 1.82) is 0 Å². The van der Waals surface area contributed by atoms with Crippen molar-refractivity contribution in [1.82, 2.24) is 9.78 Å². The molecule has 0 aliphatic rings. The van der Waals surface area contributed by atoms with Crippen molar-refractivity contribution in [3.05, 3.63) is 66.0 Å². The molecule has 0 unspecified atom stereocenters. The molecule has 25 heavy (non-hydrogen) atoms. The molecule has 0 atom stereocenters. The van der Waals surface area contributed by atoms with Crippen LogP contribution in [0.5, 0.6) is 11.5 Å². The number of carbonyl (C=O) groups excluding carboxylic acids is 1. The predicted octanol–water partition coefficient (Wildman–Crippen LogP) is 3.45. The van der Waals surface area contributed by atoms with E-state index in [1.54, 1.807) is 43.4 Å². The smallest absolute Gasteiger partial charge is 0.256 e. The van der Waals surface area contributed by atoms with Crippen LogP contribution in [0.15, 0.2) is 54.9 Å². The van der Waals surface area contributed by atoms with Crippen molar-refractivity contribution in [2.75, 3.05) is 19.5 Å². The highest BCUT2D eigenvalue weighted by Gasteiger charge is 2.15. The molecule has 0 saturated carbocycles. The molecule has 3 rings (SSSR count). The number of methoxy groups -OCH3 is 2. The van der Waals surface area contributed by atoms with E-state index in [0.717, 1.165) is 11.3 Å². The first kappa shape index (κ1) is 16.6. The molecular weight excluding hydrogens is 318 g/mol. The summed E-state index contributed by atoms with van der Waals surface area (Å²) < 4.78 is 12.2. The maximum absolute atomic E-state index is 12.6. The number of nitrogens with zero attached hydrogens (tertiary/aromatic N) is 2. The molecule has 2 aromatic carbocycles. The van der Waals surface area contributed by atoms with Crippen LogP contribution in [-0.4, -0.2) is 29.9 Å². The number of rotatable bonds is 5.